The van der Waals surface area contributed by atoms with Crippen molar-refractivity contribution in [3.8, 4) is 11.1 Å². The third-order valence-corrected chi connectivity index (χ3v) is 6.00. The van der Waals surface area contributed by atoms with Crippen LogP contribution >= 0.6 is 0 Å². The zero-order valence-electron chi connectivity index (χ0n) is 19.8. The second-order valence-electron chi connectivity index (χ2n) is 9.88. The molecule has 0 amide bonds. The second-order valence-corrected chi connectivity index (χ2v) is 9.88. The first kappa shape index (κ1) is 23.7. The highest BCUT2D eigenvalue weighted by Crippen LogP contribution is 2.43. The standard InChI is InChI=1S/C27H28FNO5/c1-15-23(18-8-5-16(6-9-18)7-12-22(30)34-27(2,3)4)21(28)14-29-24(15)19(17-10-11-17)13-20(25(29)31)26(32)33/h5-6,8-9,13-14,17H,7,10-12H2,1-4H3,(H,32,33). The van der Waals surface area contributed by atoms with Crippen molar-refractivity contribution in [2.45, 2.75) is 64.9 Å². The molecule has 1 aliphatic rings. The van der Waals surface area contributed by atoms with E-state index in [1.807, 2.05) is 32.9 Å². The van der Waals surface area contributed by atoms with Gasteiger partial charge in [-0.25, -0.2) is 9.18 Å². The van der Waals surface area contributed by atoms with E-state index in [1.54, 1.807) is 19.1 Å². The average molecular weight is 466 g/mol. The largest absolute Gasteiger partial charge is 0.477 e. The molecule has 1 aromatic carbocycles. The van der Waals surface area contributed by atoms with E-state index in [0.717, 1.165) is 34.6 Å². The summed E-state index contributed by atoms with van der Waals surface area (Å²) >= 11 is 0. The van der Waals surface area contributed by atoms with Crippen LogP contribution in [0.15, 0.2) is 41.3 Å². The highest BCUT2D eigenvalue weighted by atomic mass is 19.1. The molecule has 7 heteroatoms. The summed E-state index contributed by atoms with van der Waals surface area (Å²) in [5.41, 5.74) is 2.27. The Bertz CT molecular complexity index is 1340. The van der Waals surface area contributed by atoms with Gasteiger partial charge in [-0.05, 0) is 81.2 Å². The van der Waals surface area contributed by atoms with Crippen LogP contribution in [-0.2, 0) is 16.0 Å². The molecule has 0 aliphatic heterocycles. The Labute approximate surface area is 197 Å². The zero-order valence-corrected chi connectivity index (χ0v) is 19.8. The van der Waals surface area contributed by atoms with Crippen molar-refractivity contribution in [2.24, 2.45) is 0 Å². The van der Waals surface area contributed by atoms with Crippen LogP contribution < -0.4 is 5.56 Å². The van der Waals surface area contributed by atoms with E-state index in [0.29, 0.717) is 28.6 Å². The minimum atomic E-state index is -1.31. The van der Waals surface area contributed by atoms with Crippen LogP contribution in [0.5, 0.6) is 0 Å². The Balaban J connectivity index is 1.70. The van der Waals surface area contributed by atoms with Crippen LogP contribution in [0.1, 0.15) is 73.0 Å². The Kier molecular flexibility index (Phi) is 6.06. The molecule has 6 nitrogen and oxygen atoms in total. The number of aromatic nitrogens is 1. The molecule has 0 atom stereocenters. The molecule has 3 aromatic rings. The topological polar surface area (TPSA) is 85.1 Å². The fourth-order valence-electron chi connectivity index (χ4n) is 4.34. The van der Waals surface area contributed by atoms with E-state index < -0.39 is 22.9 Å². The minimum absolute atomic E-state index is 0.168. The van der Waals surface area contributed by atoms with E-state index >= 15 is 4.39 Å². The van der Waals surface area contributed by atoms with Gasteiger partial charge in [0, 0.05) is 18.2 Å². The van der Waals surface area contributed by atoms with Crippen molar-refractivity contribution in [3.63, 3.8) is 0 Å². The van der Waals surface area contributed by atoms with Gasteiger partial charge >= 0.3 is 11.9 Å². The normalized spacial score (nSPS) is 13.8. The summed E-state index contributed by atoms with van der Waals surface area (Å²) in [6, 6.07) is 8.75. The van der Waals surface area contributed by atoms with E-state index in [2.05, 4.69) is 0 Å². The molecule has 2 aromatic heterocycles. The number of carbonyl (C=O) groups excluding carboxylic acids is 1. The third kappa shape index (κ3) is 4.74. The van der Waals surface area contributed by atoms with Gasteiger partial charge in [-0.2, -0.15) is 0 Å². The van der Waals surface area contributed by atoms with E-state index in [4.69, 9.17) is 4.74 Å². The first-order valence-corrected chi connectivity index (χ1v) is 11.4. The molecule has 178 valence electrons. The summed E-state index contributed by atoms with van der Waals surface area (Å²) in [4.78, 5) is 36.3. The van der Waals surface area contributed by atoms with E-state index in [-0.39, 0.29) is 23.9 Å². The van der Waals surface area contributed by atoms with Gasteiger partial charge in [0.2, 0.25) is 0 Å². The first-order valence-electron chi connectivity index (χ1n) is 11.4. The van der Waals surface area contributed by atoms with E-state index in [1.165, 1.54) is 6.07 Å². The monoisotopic (exact) mass is 465 g/mol. The minimum Gasteiger partial charge on any atom is -0.477 e. The summed E-state index contributed by atoms with van der Waals surface area (Å²) in [7, 11) is 0. The summed E-state index contributed by atoms with van der Waals surface area (Å²) in [6.45, 7) is 7.23. The number of benzene rings is 1. The highest BCUT2D eigenvalue weighted by Gasteiger charge is 2.30. The number of carboxylic acid groups (broad SMARTS) is 1. The van der Waals surface area contributed by atoms with Crippen molar-refractivity contribution < 1.29 is 23.8 Å². The molecule has 34 heavy (non-hydrogen) atoms. The van der Waals surface area contributed by atoms with Crippen molar-refractivity contribution in [1.29, 1.82) is 0 Å². The van der Waals surface area contributed by atoms with Gasteiger partial charge in [-0.3, -0.25) is 14.0 Å². The number of nitrogens with zero attached hydrogens (tertiary/aromatic N) is 1. The van der Waals surface area contributed by atoms with Gasteiger partial charge in [0.05, 0.1) is 5.52 Å². The molecule has 0 radical (unpaired) electrons. The number of ether oxygens (including phenoxy) is 1. The van der Waals surface area contributed by atoms with E-state index in [9.17, 15) is 19.5 Å². The summed E-state index contributed by atoms with van der Waals surface area (Å²) in [6.07, 6.45) is 3.67. The molecule has 4 rings (SSSR count). The van der Waals surface area contributed by atoms with Crippen LogP contribution in [0.4, 0.5) is 4.39 Å². The number of esters is 1. The smallest absolute Gasteiger partial charge is 0.341 e. The number of aryl methyl sites for hydroxylation is 2. The number of halogens is 1. The molecule has 1 aliphatic carbocycles. The lowest BCUT2D eigenvalue weighted by Crippen LogP contribution is -2.24. The summed E-state index contributed by atoms with van der Waals surface area (Å²) in [5, 5.41) is 9.45. The summed E-state index contributed by atoms with van der Waals surface area (Å²) < 4.78 is 21.8. The molecule has 0 unspecified atom stereocenters. The Hall–Kier alpha value is -3.48. The second kappa shape index (κ2) is 8.70. The lowest BCUT2D eigenvalue weighted by atomic mass is 9.95. The van der Waals surface area contributed by atoms with Crippen LogP contribution in [0.2, 0.25) is 0 Å². The third-order valence-electron chi connectivity index (χ3n) is 6.00. The fraction of sp³-hybridized carbons (Fsp3) is 0.370. The lowest BCUT2D eigenvalue weighted by molar-refractivity contribution is -0.154. The molecule has 1 fully saturated rings. The van der Waals surface area contributed by atoms with Crippen molar-refractivity contribution in [2.75, 3.05) is 0 Å². The van der Waals surface area contributed by atoms with Crippen LogP contribution in [-0.4, -0.2) is 27.0 Å². The van der Waals surface area contributed by atoms with Gasteiger partial charge in [-0.15, -0.1) is 0 Å². The molecule has 1 N–H and O–H groups in total. The molecule has 0 spiro atoms. The Morgan fingerprint density at radius 3 is 2.38 bits per heavy atom. The number of rotatable bonds is 6. The number of pyridine rings is 2. The maximum atomic E-state index is 15.3. The number of fused-ring (bicyclic) bond motifs is 1. The maximum Gasteiger partial charge on any atom is 0.341 e. The van der Waals surface area contributed by atoms with Gasteiger partial charge in [0.15, 0.2) is 0 Å². The quantitative estimate of drug-likeness (QED) is 0.502. The Morgan fingerprint density at radius 2 is 1.82 bits per heavy atom. The summed E-state index contributed by atoms with van der Waals surface area (Å²) in [5.74, 6) is -2.02. The molecular formula is C27H28FNO5. The van der Waals surface area contributed by atoms with Gasteiger partial charge in [-0.1, -0.05) is 24.3 Å². The van der Waals surface area contributed by atoms with Gasteiger partial charge in [0.25, 0.3) is 5.56 Å². The van der Waals surface area contributed by atoms with Crippen molar-refractivity contribution in [1.82, 2.24) is 4.40 Å². The predicted octanol–water partition coefficient (Wildman–Crippen LogP) is 5.26. The van der Waals surface area contributed by atoms with Crippen LogP contribution in [0, 0.1) is 12.7 Å². The number of hydrogen-bond donors (Lipinski definition) is 1. The average Bonchev–Trinajstić information content (AvgIpc) is 3.57. The van der Waals surface area contributed by atoms with Gasteiger partial charge in [0.1, 0.15) is 17.0 Å². The molecule has 0 bridgehead atoms. The molecule has 1 saturated carbocycles. The number of aromatic carboxylic acids is 1. The SMILES string of the molecule is Cc1c(-c2ccc(CCC(=O)OC(C)(C)C)cc2)c(F)cn2c(=O)c(C(=O)O)cc(C3CC3)c12. The van der Waals surface area contributed by atoms with Crippen molar-refractivity contribution in [3.05, 3.63) is 75.0 Å². The predicted molar refractivity (Wildman–Crippen MR) is 127 cm³/mol. The fourth-order valence-corrected chi connectivity index (χ4v) is 4.34. The lowest BCUT2D eigenvalue weighted by Gasteiger charge is -2.19. The highest BCUT2D eigenvalue weighted by molar-refractivity contribution is 5.89. The van der Waals surface area contributed by atoms with Crippen LogP contribution in [0.3, 0.4) is 0 Å². The maximum absolute atomic E-state index is 15.3. The molecule has 2 heterocycles. The van der Waals surface area contributed by atoms with Crippen molar-refractivity contribution >= 4 is 17.5 Å². The zero-order chi connectivity index (χ0) is 24.8. The van der Waals surface area contributed by atoms with Crippen LogP contribution in [0.25, 0.3) is 16.6 Å². The Morgan fingerprint density at radius 1 is 1.18 bits per heavy atom. The first-order chi connectivity index (χ1) is 16.0. The van der Waals surface area contributed by atoms with Gasteiger partial charge < -0.3 is 9.84 Å². The number of hydrogen-bond acceptors (Lipinski definition) is 4. The number of carboxylic acids is 1. The number of carbonyl (C=O) groups is 2. The molecular weight excluding hydrogens is 437 g/mol. The molecule has 0 saturated heterocycles.